The SMILES string of the molecule is Cc1nc(C2=C(O)CN(c3cccc(C(=O)OC(C)C)c3)C2=N)sc1C. The summed E-state index contributed by atoms with van der Waals surface area (Å²) in [5.74, 6) is -0.124. The van der Waals surface area contributed by atoms with Crippen LogP contribution < -0.4 is 4.90 Å². The van der Waals surface area contributed by atoms with E-state index in [0.717, 1.165) is 10.6 Å². The second kappa shape index (κ2) is 6.92. The number of benzene rings is 1. The molecule has 1 aromatic heterocycles. The van der Waals surface area contributed by atoms with Gasteiger partial charge in [-0.15, -0.1) is 11.3 Å². The fourth-order valence-corrected chi connectivity index (χ4v) is 3.67. The third-order valence-corrected chi connectivity index (χ3v) is 5.17. The van der Waals surface area contributed by atoms with Gasteiger partial charge in [-0.1, -0.05) is 6.07 Å². The molecule has 1 aliphatic rings. The van der Waals surface area contributed by atoms with Crippen molar-refractivity contribution in [2.24, 2.45) is 0 Å². The molecule has 0 radical (unpaired) electrons. The highest BCUT2D eigenvalue weighted by atomic mass is 32.1. The Morgan fingerprint density at radius 1 is 1.38 bits per heavy atom. The number of aliphatic hydroxyl groups excluding tert-OH is 1. The Hall–Kier alpha value is -2.67. The molecule has 0 fully saturated rings. The topological polar surface area (TPSA) is 86.5 Å². The number of nitrogens with one attached hydrogen (secondary N) is 1. The van der Waals surface area contributed by atoms with Gasteiger partial charge in [0.2, 0.25) is 0 Å². The molecular weight excluding hydrogens is 350 g/mol. The van der Waals surface area contributed by atoms with Crippen molar-refractivity contribution in [2.75, 3.05) is 11.4 Å². The third kappa shape index (κ3) is 3.35. The van der Waals surface area contributed by atoms with E-state index in [9.17, 15) is 9.90 Å². The molecular formula is C19H21N3O3S. The van der Waals surface area contributed by atoms with Crippen molar-refractivity contribution in [1.82, 2.24) is 4.98 Å². The molecule has 7 heteroatoms. The molecule has 26 heavy (non-hydrogen) atoms. The van der Waals surface area contributed by atoms with Gasteiger partial charge in [-0.2, -0.15) is 0 Å². The Labute approximate surface area is 156 Å². The van der Waals surface area contributed by atoms with Gasteiger partial charge in [-0.3, -0.25) is 5.41 Å². The van der Waals surface area contributed by atoms with Crippen LogP contribution in [-0.4, -0.2) is 34.5 Å². The predicted octanol–water partition coefficient (Wildman–Crippen LogP) is 4.09. The summed E-state index contributed by atoms with van der Waals surface area (Å²) in [6.45, 7) is 7.64. The number of amidine groups is 1. The van der Waals surface area contributed by atoms with Gasteiger partial charge in [-0.05, 0) is 45.9 Å². The minimum atomic E-state index is -0.406. The summed E-state index contributed by atoms with van der Waals surface area (Å²) >= 11 is 1.46. The molecule has 0 atom stereocenters. The lowest BCUT2D eigenvalue weighted by atomic mass is 10.2. The number of nitrogens with zero attached hydrogens (tertiary/aromatic N) is 2. The maximum absolute atomic E-state index is 12.1. The normalized spacial score (nSPS) is 14.5. The zero-order valence-corrected chi connectivity index (χ0v) is 16.0. The first-order chi connectivity index (χ1) is 12.3. The van der Waals surface area contributed by atoms with E-state index in [2.05, 4.69) is 4.98 Å². The van der Waals surface area contributed by atoms with E-state index in [0.29, 0.717) is 21.8 Å². The lowest BCUT2D eigenvalue weighted by molar-refractivity contribution is 0.0378. The van der Waals surface area contributed by atoms with E-state index < -0.39 is 5.97 Å². The number of ether oxygens (including phenoxy) is 1. The van der Waals surface area contributed by atoms with Gasteiger partial charge >= 0.3 is 5.97 Å². The zero-order chi connectivity index (χ0) is 19.0. The van der Waals surface area contributed by atoms with Crippen molar-refractivity contribution in [3.05, 3.63) is 51.2 Å². The van der Waals surface area contributed by atoms with Crippen LogP contribution in [0.3, 0.4) is 0 Å². The number of carbonyl (C=O) groups is 1. The number of aryl methyl sites for hydroxylation is 2. The molecule has 136 valence electrons. The van der Waals surface area contributed by atoms with Crippen LogP contribution in [0.2, 0.25) is 0 Å². The van der Waals surface area contributed by atoms with Gasteiger partial charge in [-0.25, -0.2) is 9.78 Å². The molecule has 2 aromatic rings. The molecule has 2 heterocycles. The predicted molar refractivity (Wildman–Crippen MR) is 103 cm³/mol. The van der Waals surface area contributed by atoms with Crippen molar-refractivity contribution in [2.45, 2.75) is 33.8 Å². The Kier molecular flexibility index (Phi) is 4.82. The smallest absolute Gasteiger partial charge is 0.338 e. The molecule has 0 aliphatic carbocycles. The molecule has 0 saturated carbocycles. The van der Waals surface area contributed by atoms with Crippen molar-refractivity contribution < 1.29 is 14.6 Å². The Bertz CT molecular complexity index is 895. The quantitative estimate of drug-likeness (QED) is 0.791. The Balaban J connectivity index is 1.88. The standard InChI is InChI=1S/C19H21N3O3S/c1-10(2)25-19(24)13-6-5-7-14(8-13)22-9-15(23)16(17(22)20)18-21-11(3)12(4)26-18/h5-8,10,20,23H,9H2,1-4H3. The average Bonchev–Trinajstić information content (AvgIpc) is 3.05. The second-order valence-corrected chi connectivity index (χ2v) is 7.62. The highest BCUT2D eigenvalue weighted by Crippen LogP contribution is 2.34. The van der Waals surface area contributed by atoms with Gasteiger partial charge in [0.05, 0.1) is 29.5 Å². The Morgan fingerprint density at radius 2 is 2.12 bits per heavy atom. The number of anilines is 1. The number of esters is 1. The first-order valence-electron chi connectivity index (χ1n) is 8.32. The summed E-state index contributed by atoms with van der Waals surface area (Å²) in [5, 5.41) is 19.6. The minimum absolute atomic E-state index is 0.110. The van der Waals surface area contributed by atoms with Gasteiger partial charge < -0.3 is 14.7 Å². The fourth-order valence-electron chi connectivity index (χ4n) is 2.69. The molecule has 0 saturated heterocycles. The number of carbonyl (C=O) groups excluding carboxylic acids is 1. The van der Waals surface area contributed by atoms with Crippen molar-refractivity contribution >= 4 is 34.4 Å². The van der Waals surface area contributed by atoms with Gasteiger partial charge in [0.25, 0.3) is 0 Å². The molecule has 0 spiro atoms. The maximum Gasteiger partial charge on any atom is 0.338 e. The van der Waals surface area contributed by atoms with E-state index in [4.69, 9.17) is 10.1 Å². The number of aromatic nitrogens is 1. The first kappa shape index (κ1) is 18.1. The summed E-state index contributed by atoms with van der Waals surface area (Å²) in [5.41, 5.74) is 2.41. The maximum atomic E-state index is 12.1. The Morgan fingerprint density at radius 3 is 2.73 bits per heavy atom. The van der Waals surface area contributed by atoms with Crippen molar-refractivity contribution in [3.63, 3.8) is 0 Å². The summed E-state index contributed by atoms with van der Waals surface area (Å²) < 4.78 is 5.23. The highest BCUT2D eigenvalue weighted by molar-refractivity contribution is 7.13. The van der Waals surface area contributed by atoms with Gasteiger partial charge in [0.1, 0.15) is 16.6 Å². The van der Waals surface area contributed by atoms with Crippen LogP contribution in [0.4, 0.5) is 5.69 Å². The summed E-state index contributed by atoms with van der Waals surface area (Å²) in [7, 11) is 0. The van der Waals surface area contributed by atoms with Crippen LogP contribution in [0.25, 0.3) is 5.57 Å². The molecule has 1 aromatic carbocycles. The van der Waals surface area contributed by atoms with Crippen LogP contribution in [-0.2, 0) is 4.74 Å². The van der Waals surface area contributed by atoms with E-state index in [1.165, 1.54) is 11.3 Å². The highest BCUT2D eigenvalue weighted by Gasteiger charge is 2.31. The minimum Gasteiger partial charge on any atom is -0.510 e. The molecule has 0 bridgehead atoms. The van der Waals surface area contributed by atoms with Gasteiger partial charge in [0.15, 0.2) is 0 Å². The number of rotatable bonds is 4. The molecule has 0 amide bonds. The van der Waals surface area contributed by atoms with Crippen molar-refractivity contribution in [1.29, 1.82) is 5.41 Å². The van der Waals surface area contributed by atoms with Gasteiger partial charge in [0, 0.05) is 10.6 Å². The molecule has 0 unspecified atom stereocenters. The van der Waals surface area contributed by atoms with E-state index in [1.54, 1.807) is 43.0 Å². The van der Waals surface area contributed by atoms with Crippen LogP contribution >= 0.6 is 11.3 Å². The molecule has 1 aliphatic heterocycles. The lowest BCUT2D eigenvalue weighted by Gasteiger charge is -2.19. The average molecular weight is 371 g/mol. The lowest BCUT2D eigenvalue weighted by Crippen LogP contribution is -2.26. The van der Waals surface area contributed by atoms with Crippen LogP contribution in [0.5, 0.6) is 0 Å². The van der Waals surface area contributed by atoms with E-state index >= 15 is 0 Å². The molecule has 3 rings (SSSR count). The number of hydrogen-bond acceptors (Lipinski definition) is 6. The summed E-state index contributed by atoms with van der Waals surface area (Å²) in [4.78, 5) is 19.3. The summed E-state index contributed by atoms with van der Waals surface area (Å²) in [6.07, 6.45) is -0.204. The molecule has 6 nitrogen and oxygen atoms in total. The van der Waals surface area contributed by atoms with Crippen LogP contribution in [0.15, 0.2) is 30.0 Å². The number of hydrogen-bond donors (Lipinski definition) is 2. The molecule has 2 N–H and O–H groups in total. The number of aliphatic hydroxyl groups is 1. The largest absolute Gasteiger partial charge is 0.510 e. The fraction of sp³-hybridized carbons (Fsp3) is 0.316. The second-order valence-electron chi connectivity index (χ2n) is 6.42. The zero-order valence-electron chi connectivity index (χ0n) is 15.2. The van der Waals surface area contributed by atoms with Crippen LogP contribution in [0.1, 0.15) is 39.8 Å². The van der Waals surface area contributed by atoms with E-state index in [1.807, 2.05) is 13.8 Å². The van der Waals surface area contributed by atoms with E-state index in [-0.39, 0.29) is 24.2 Å². The first-order valence-corrected chi connectivity index (χ1v) is 9.13. The summed E-state index contributed by atoms with van der Waals surface area (Å²) in [6, 6.07) is 6.89. The number of thiazole rings is 1. The van der Waals surface area contributed by atoms with Crippen molar-refractivity contribution in [3.8, 4) is 0 Å². The van der Waals surface area contributed by atoms with Crippen LogP contribution in [0, 0.1) is 19.3 Å². The monoisotopic (exact) mass is 371 g/mol. The third-order valence-electron chi connectivity index (χ3n) is 4.08.